The van der Waals surface area contributed by atoms with Crippen molar-refractivity contribution in [1.29, 1.82) is 0 Å². The molecule has 0 radical (unpaired) electrons. The van der Waals surface area contributed by atoms with Gasteiger partial charge in [-0.15, -0.1) is 0 Å². The highest BCUT2D eigenvalue weighted by molar-refractivity contribution is 7.86. The number of aliphatic carboxylic acids is 1. The third-order valence-corrected chi connectivity index (χ3v) is 4.73. The summed E-state index contributed by atoms with van der Waals surface area (Å²) in [6.45, 7) is 2.06. The molecule has 0 fully saturated rings. The Morgan fingerprint density at radius 1 is 1.03 bits per heavy atom. The molecular weight excluding hydrogens is 410 g/mol. The summed E-state index contributed by atoms with van der Waals surface area (Å²) in [6, 6.07) is 14.0. The molecule has 0 aromatic heterocycles. The number of nitrogens with zero attached hydrogens (tertiary/aromatic N) is 1. The molecule has 0 saturated carbocycles. The molecule has 1 unspecified atom stereocenters. The molecule has 0 saturated heterocycles. The van der Waals surface area contributed by atoms with Crippen LogP contribution in [0.25, 0.3) is 0 Å². The van der Waals surface area contributed by atoms with E-state index < -0.39 is 22.0 Å². The van der Waals surface area contributed by atoms with Crippen LogP contribution in [0.3, 0.4) is 0 Å². The van der Waals surface area contributed by atoms with Gasteiger partial charge in [-0.2, -0.15) is 8.42 Å². The summed E-state index contributed by atoms with van der Waals surface area (Å²) in [4.78, 5) is 16.1. The Morgan fingerprint density at radius 2 is 1.60 bits per heavy atom. The quantitative estimate of drug-likeness (QED) is 0.328. The van der Waals surface area contributed by atoms with Gasteiger partial charge in [0.25, 0.3) is 0 Å². The second-order valence-electron chi connectivity index (χ2n) is 6.68. The van der Waals surface area contributed by atoms with E-state index in [-0.39, 0.29) is 5.75 Å². The zero-order valence-electron chi connectivity index (χ0n) is 17.1. The van der Waals surface area contributed by atoms with E-state index in [2.05, 4.69) is 9.99 Å². The van der Waals surface area contributed by atoms with Gasteiger partial charge in [-0.25, -0.2) is 0 Å². The number of benzene rings is 2. The number of oxime groups is 1. The molecule has 0 amide bonds. The van der Waals surface area contributed by atoms with Crippen LogP contribution in [0.4, 0.5) is 0 Å². The molecule has 30 heavy (non-hydrogen) atoms. The first-order chi connectivity index (χ1) is 14.2. The van der Waals surface area contributed by atoms with Gasteiger partial charge < -0.3 is 18.9 Å². The van der Waals surface area contributed by atoms with Gasteiger partial charge in [-0.05, 0) is 48.7 Å². The van der Waals surface area contributed by atoms with Crippen LogP contribution in [0.2, 0.25) is 0 Å². The van der Waals surface area contributed by atoms with Gasteiger partial charge >= 0.3 is 16.1 Å². The van der Waals surface area contributed by atoms with Crippen molar-refractivity contribution in [2.75, 3.05) is 20.0 Å². The summed E-state index contributed by atoms with van der Waals surface area (Å²) in [5, 5.41) is 13.1. The smallest absolute Gasteiger partial charge is 0.312 e. The first-order valence-corrected chi connectivity index (χ1v) is 11.0. The number of ether oxygens (including phenoxy) is 1. The van der Waals surface area contributed by atoms with Crippen LogP contribution in [0.15, 0.2) is 53.7 Å². The summed E-state index contributed by atoms with van der Waals surface area (Å²) in [7, 11) is -2.16. The van der Waals surface area contributed by atoms with Crippen molar-refractivity contribution < 1.29 is 32.1 Å². The van der Waals surface area contributed by atoms with Gasteiger partial charge in [0.2, 0.25) is 0 Å². The molecule has 0 bridgehead atoms. The lowest BCUT2D eigenvalue weighted by Crippen LogP contribution is -2.24. The fourth-order valence-electron chi connectivity index (χ4n) is 2.75. The Labute approximate surface area is 176 Å². The third-order valence-electron chi connectivity index (χ3n) is 4.23. The topological polar surface area (TPSA) is 111 Å². The van der Waals surface area contributed by atoms with E-state index in [1.807, 2.05) is 12.1 Å². The Balaban J connectivity index is 1.87. The minimum absolute atomic E-state index is 0.267. The molecule has 2 aromatic carbocycles. The maximum atomic E-state index is 11.5. The first kappa shape index (κ1) is 23.2. The molecule has 1 N–H and O–H groups in total. The molecule has 162 valence electrons. The van der Waals surface area contributed by atoms with Crippen molar-refractivity contribution in [2.24, 2.45) is 11.1 Å². The van der Waals surface area contributed by atoms with E-state index in [1.165, 1.54) is 7.11 Å². The molecule has 0 aliphatic heterocycles. The molecule has 0 heterocycles. The second kappa shape index (κ2) is 10.6. The monoisotopic (exact) mass is 435 g/mol. The molecule has 2 aromatic rings. The molecule has 8 nitrogen and oxygen atoms in total. The van der Waals surface area contributed by atoms with Crippen LogP contribution < -0.4 is 8.92 Å². The zero-order chi connectivity index (χ0) is 22.1. The van der Waals surface area contributed by atoms with E-state index in [1.54, 1.807) is 43.3 Å². The standard InChI is InChI=1S/C21H25NO7S/c1-15(22-27-2)20(21(23)24)14-17-6-8-18(9-7-17)28-13-12-16-4-10-19(11-5-16)29-30(3,25)26/h4-11,20H,12-14H2,1-3H3,(H,23,24). The lowest BCUT2D eigenvalue weighted by atomic mass is 9.95. The predicted octanol–water partition coefficient (Wildman–Crippen LogP) is 2.91. The number of carboxylic acids is 1. The van der Waals surface area contributed by atoms with E-state index in [9.17, 15) is 18.3 Å². The second-order valence-corrected chi connectivity index (χ2v) is 8.26. The van der Waals surface area contributed by atoms with E-state index in [0.717, 1.165) is 17.4 Å². The van der Waals surface area contributed by atoms with E-state index >= 15 is 0 Å². The third kappa shape index (κ3) is 7.75. The summed E-state index contributed by atoms with van der Waals surface area (Å²) in [5.41, 5.74) is 2.23. The minimum Gasteiger partial charge on any atom is -0.493 e. The molecular formula is C21H25NO7S. The van der Waals surface area contributed by atoms with Gasteiger partial charge in [-0.1, -0.05) is 29.4 Å². The van der Waals surface area contributed by atoms with Crippen LogP contribution in [0, 0.1) is 5.92 Å². The largest absolute Gasteiger partial charge is 0.493 e. The minimum atomic E-state index is -3.54. The van der Waals surface area contributed by atoms with Crippen molar-refractivity contribution in [1.82, 2.24) is 0 Å². The lowest BCUT2D eigenvalue weighted by Gasteiger charge is -2.12. The molecule has 2 rings (SSSR count). The Morgan fingerprint density at radius 3 is 2.13 bits per heavy atom. The maximum absolute atomic E-state index is 11.5. The van der Waals surface area contributed by atoms with Crippen LogP contribution in [-0.2, 0) is 32.6 Å². The first-order valence-electron chi connectivity index (χ1n) is 9.18. The van der Waals surface area contributed by atoms with Crippen molar-refractivity contribution in [2.45, 2.75) is 19.8 Å². The SMILES string of the molecule is CON=C(C)C(Cc1ccc(OCCc2ccc(OS(C)(=O)=O)cc2)cc1)C(=O)O. The highest BCUT2D eigenvalue weighted by Crippen LogP contribution is 2.18. The molecule has 0 aliphatic carbocycles. The molecule has 9 heteroatoms. The van der Waals surface area contributed by atoms with Crippen molar-refractivity contribution in [3.8, 4) is 11.5 Å². The summed E-state index contributed by atoms with van der Waals surface area (Å²) >= 11 is 0. The highest BCUT2D eigenvalue weighted by atomic mass is 32.2. The fraction of sp³-hybridized carbons (Fsp3) is 0.333. The number of hydrogen-bond donors (Lipinski definition) is 1. The van der Waals surface area contributed by atoms with Crippen molar-refractivity contribution in [3.05, 3.63) is 59.7 Å². The highest BCUT2D eigenvalue weighted by Gasteiger charge is 2.22. The van der Waals surface area contributed by atoms with Crippen molar-refractivity contribution in [3.63, 3.8) is 0 Å². The normalized spacial score (nSPS) is 12.8. The average molecular weight is 435 g/mol. The maximum Gasteiger partial charge on any atom is 0.312 e. The van der Waals surface area contributed by atoms with Gasteiger partial charge in [-0.3, -0.25) is 4.79 Å². The predicted molar refractivity (Wildman–Crippen MR) is 113 cm³/mol. The Bertz CT molecular complexity index is 967. The Hall–Kier alpha value is -3.07. The van der Waals surface area contributed by atoms with Crippen LogP contribution in [0.1, 0.15) is 18.1 Å². The van der Waals surface area contributed by atoms with Gasteiger partial charge in [0.1, 0.15) is 24.5 Å². The number of carboxylic acid groups (broad SMARTS) is 1. The van der Waals surface area contributed by atoms with Crippen LogP contribution in [-0.4, -0.2) is 45.2 Å². The fourth-order valence-corrected chi connectivity index (χ4v) is 3.21. The Kier molecular flexibility index (Phi) is 8.23. The van der Waals surface area contributed by atoms with Gasteiger partial charge in [0, 0.05) is 6.42 Å². The summed E-state index contributed by atoms with van der Waals surface area (Å²) in [6.07, 6.45) is 1.93. The molecule has 0 aliphatic rings. The van der Waals surface area contributed by atoms with Crippen LogP contribution in [0.5, 0.6) is 11.5 Å². The van der Waals surface area contributed by atoms with Gasteiger partial charge in [0.15, 0.2) is 0 Å². The lowest BCUT2D eigenvalue weighted by molar-refractivity contribution is -0.139. The summed E-state index contributed by atoms with van der Waals surface area (Å²) in [5.74, 6) is -0.777. The molecule has 0 spiro atoms. The number of carbonyl (C=O) groups is 1. The average Bonchev–Trinajstić information content (AvgIpc) is 2.67. The van der Waals surface area contributed by atoms with E-state index in [0.29, 0.717) is 30.9 Å². The van der Waals surface area contributed by atoms with Gasteiger partial charge in [0.05, 0.1) is 18.6 Å². The van der Waals surface area contributed by atoms with Crippen molar-refractivity contribution >= 4 is 21.8 Å². The van der Waals surface area contributed by atoms with Crippen LogP contribution >= 0.6 is 0 Å². The van der Waals surface area contributed by atoms with E-state index in [4.69, 9.17) is 8.92 Å². The summed E-state index contributed by atoms with van der Waals surface area (Å²) < 4.78 is 32.8. The number of hydrogen-bond acceptors (Lipinski definition) is 7. The number of rotatable bonds is 11. The molecule has 1 atom stereocenters. The zero-order valence-corrected chi connectivity index (χ0v) is 17.9.